The number of amides is 1. The van der Waals surface area contributed by atoms with E-state index in [-0.39, 0.29) is 17.8 Å². The van der Waals surface area contributed by atoms with Crippen molar-refractivity contribution in [1.82, 2.24) is 4.57 Å². The molecule has 0 aliphatic heterocycles. The lowest BCUT2D eigenvalue weighted by Crippen LogP contribution is -2.28. The van der Waals surface area contributed by atoms with E-state index in [4.69, 9.17) is 5.73 Å². The fraction of sp³-hybridized carbons (Fsp3) is 0.143. The summed E-state index contributed by atoms with van der Waals surface area (Å²) >= 11 is 0. The number of rotatable bonds is 3. The Kier molecular flexibility index (Phi) is 3.84. The van der Waals surface area contributed by atoms with Gasteiger partial charge in [0.1, 0.15) is 12.4 Å². The fourth-order valence-electron chi connectivity index (χ4n) is 1.81. The number of carbonyl (C=O) groups excluding carboxylic acids is 1. The first-order valence-corrected chi connectivity index (χ1v) is 5.98. The van der Waals surface area contributed by atoms with Crippen LogP contribution in [-0.2, 0) is 11.3 Å². The molecule has 2 aromatic rings. The van der Waals surface area contributed by atoms with Crippen LogP contribution < -0.4 is 16.6 Å². The Balaban J connectivity index is 2.15. The minimum absolute atomic E-state index is 0.123. The summed E-state index contributed by atoms with van der Waals surface area (Å²) in [6, 6.07) is 8.45. The smallest absolute Gasteiger partial charge is 0.251 e. The van der Waals surface area contributed by atoms with Crippen molar-refractivity contribution in [3.63, 3.8) is 0 Å². The van der Waals surface area contributed by atoms with E-state index >= 15 is 0 Å². The molecule has 0 spiro atoms. The molecule has 6 heteroatoms. The van der Waals surface area contributed by atoms with Crippen molar-refractivity contribution in [2.75, 3.05) is 11.1 Å². The standard InChI is InChI=1S/C14H14FN3O2/c1-9-3-2-4-14(20)18(9)8-13(19)17-12-6-5-10(15)7-11(12)16/h2-7H,8,16H2,1H3,(H,17,19). The molecule has 1 amide bonds. The molecule has 0 bridgehead atoms. The van der Waals surface area contributed by atoms with Crippen molar-refractivity contribution < 1.29 is 9.18 Å². The number of pyridine rings is 1. The Morgan fingerprint density at radius 3 is 2.75 bits per heavy atom. The van der Waals surface area contributed by atoms with Crippen LogP contribution in [0.1, 0.15) is 5.69 Å². The molecular weight excluding hydrogens is 261 g/mol. The number of halogens is 1. The lowest BCUT2D eigenvalue weighted by atomic mass is 10.2. The van der Waals surface area contributed by atoms with Crippen molar-refractivity contribution >= 4 is 17.3 Å². The molecule has 0 saturated carbocycles. The first-order chi connectivity index (χ1) is 9.47. The second-order valence-electron chi connectivity index (χ2n) is 4.37. The van der Waals surface area contributed by atoms with E-state index in [9.17, 15) is 14.0 Å². The predicted molar refractivity (Wildman–Crippen MR) is 74.9 cm³/mol. The number of aryl methyl sites for hydroxylation is 1. The van der Waals surface area contributed by atoms with E-state index in [0.717, 1.165) is 6.07 Å². The van der Waals surface area contributed by atoms with E-state index in [1.165, 1.54) is 22.8 Å². The highest BCUT2D eigenvalue weighted by Gasteiger charge is 2.09. The van der Waals surface area contributed by atoms with E-state index < -0.39 is 11.7 Å². The van der Waals surface area contributed by atoms with Gasteiger partial charge in [0, 0.05) is 11.8 Å². The number of aromatic nitrogens is 1. The van der Waals surface area contributed by atoms with Gasteiger partial charge in [0.15, 0.2) is 0 Å². The van der Waals surface area contributed by atoms with Gasteiger partial charge in [0.05, 0.1) is 11.4 Å². The van der Waals surface area contributed by atoms with Crippen LogP contribution in [0.5, 0.6) is 0 Å². The van der Waals surface area contributed by atoms with Crippen LogP contribution in [-0.4, -0.2) is 10.5 Å². The van der Waals surface area contributed by atoms with Crippen LogP contribution in [0.25, 0.3) is 0 Å². The van der Waals surface area contributed by atoms with Crippen LogP contribution >= 0.6 is 0 Å². The molecule has 0 fully saturated rings. The van der Waals surface area contributed by atoms with Crippen LogP contribution in [0.4, 0.5) is 15.8 Å². The van der Waals surface area contributed by atoms with Gasteiger partial charge in [-0.3, -0.25) is 9.59 Å². The quantitative estimate of drug-likeness (QED) is 0.834. The number of nitrogens with two attached hydrogens (primary N) is 1. The first kappa shape index (κ1) is 13.8. The summed E-state index contributed by atoms with van der Waals surface area (Å²) in [5.41, 5.74) is 6.48. The molecule has 0 radical (unpaired) electrons. The minimum atomic E-state index is -0.476. The Morgan fingerprint density at radius 2 is 2.10 bits per heavy atom. The topological polar surface area (TPSA) is 77.1 Å². The maximum atomic E-state index is 12.9. The Bertz CT molecular complexity index is 710. The van der Waals surface area contributed by atoms with Gasteiger partial charge in [0.2, 0.25) is 5.91 Å². The van der Waals surface area contributed by atoms with Gasteiger partial charge < -0.3 is 15.6 Å². The first-order valence-electron chi connectivity index (χ1n) is 5.98. The second kappa shape index (κ2) is 5.56. The third kappa shape index (κ3) is 3.03. The summed E-state index contributed by atoms with van der Waals surface area (Å²) < 4.78 is 14.2. The van der Waals surface area contributed by atoms with Crippen molar-refractivity contribution in [2.45, 2.75) is 13.5 Å². The lowest BCUT2D eigenvalue weighted by Gasteiger charge is -2.11. The highest BCUT2D eigenvalue weighted by atomic mass is 19.1. The van der Waals surface area contributed by atoms with Gasteiger partial charge in [-0.1, -0.05) is 6.07 Å². The molecule has 1 heterocycles. The monoisotopic (exact) mass is 275 g/mol. The highest BCUT2D eigenvalue weighted by molar-refractivity contribution is 5.93. The molecular formula is C14H14FN3O2. The van der Waals surface area contributed by atoms with Gasteiger partial charge in [-0.05, 0) is 31.2 Å². The SMILES string of the molecule is Cc1cccc(=O)n1CC(=O)Nc1ccc(F)cc1N. The molecule has 0 unspecified atom stereocenters. The number of benzene rings is 1. The normalized spacial score (nSPS) is 10.3. The molecule has 0 aliphatic rings. The summed E-state index contributed by atoms with van der Waals surface area (Å²) in [6.07, 6.45) is 0. The third-order valence-corrected chi connectivity index (χ3v) is 2.86. The maximum Gasteiger partial charge on any atom is 0.251 e. The second-order valence-corrected chi connectivity index (χ2v) is 4.37. The summed E-state index contributed by atoms with van der Waals surface area (Å²) in [5.74, 6) is -0.879. The van der Waals surface area contributed by atoms with Crippen molar-refractivity contribution in [3.05, 3.63) is 58.3 Å². The maximum absolute atomic E-state index is 12.9. The van der Waals surface area contributed by atoms with E-state index in [0.29, 0.717) is 11.4 Å². The van der Waals surface area contributed by atoms with Crippen molar-refractivity contribution in [2.24, 2.45) is 0 Å². The van der Waals surface area contributed by atoms with Gasteiger partial charge >= 0.3 is 0 Å². The molecule has 0 atom stereocenters. The van der Waals surface area contributed by atoms with Gasteiger partial charge in [-0.15, -0.1) is 0 Å². The third-order valence-electron chi connectivity index (χ3n) is 2.86. The predicted octanol–water partition coefficient (Wildman–Crippen LogP) is 1.52. The number of nitrogens with one attached hydrogen (secondary N) is 1. The highest BCUT2D eigenvalue weighted by Crippen LogP contribution is 2.18. The number of carbonyl (C=O) groups is 1. The van der Waals surface area contributed by atoms with Crippen LogP contribution in [0.2, 0.25) is 0 Å². The summed E-state index contributed by atoms with van der Waals surface area (Å²) in [4.78, 5) is 23.6. The molecule has 3 N–H and O–H groups in total. The van der Waals surface area contributed by atoms with Gasteiger partial charge in [0.25, 0.3) is 5.56 Å². The minimum Gasteiger partial charge on any atom is -0.397 e. The molecule has 5 nitrogen and oxygen atoms in total. The molecule has 1 aromatic carbocycles. The number of nitrogen functional groups attached to an aromatic ring is 1. The Morgan fingerprint density at radius 1 is 1.35 bits per heavy atom. The molecule has 0 aliphatic carbocycles. The summed E-state index contributed by atoms with van der Waals surface area (Å²) in [6.45, 7) is 1.61. The lowest BCUT2D eigenvalue weighted by molar-refractivity contribution is -0.116. The summed E-state index contributed by atoms with van der Waals surface area (Å²) in [5, 5.41) is 2.55. The molecule has 104 valence electrons. The van der Waals surface area contributed by atoms with Gasteiger partial charge in [-0.2, -0.15) is 0 Å². The number of nitrogens with zero attached hydrogens (tertiary/aromatic N) is 1. The average molecular weight is 275 g/mol. The van der Waals surface area contributed by atoms with Crippen LogP contribution in [0.15, 0.2) is 41.2 Å². The molecule has 2 rings (SSSR count). The Labute approximate surface area is 114 Å². The Hall–Kier alpha value is -2.63. The van der Waals surface area contributed by atoms with E-state index in [1.54, 1.807) is 19.1 Å². The van der Waals surface area contributed by atoms with Crippen molar-refractivity contribution in [3.8, 4) is 0 Å². The zero-order chi connectivity index (χ0) is 14.7. The number of hydrogen-bond donors (Lipinski definition) is 2. The van der Waals surface area contributed by atoms with Crippen molar-refractivity contribution in [1.29, 1.82) is 0 Å². The van der Waals surface area contributed by atoms with E-state index in [2.05, 4.69) is 5.32 Å². The van der Waals surface area contributed by atoms with Crippen LogP contribution in [0, 0.1) is 12.7 Å². The largest absolute Gasteiger partial charge is 0.397 e. The molecule has 0 saturated heterocycles. The van der Waals surface area contributed by atoms with E-state index in [1.807, 2.05) is 0 Å². The van der Waals surface area contributed by atoms with Gasteiger partial charge in [-0.25, -0.2) is 4.39 Å². The number of anilines is 2. The number of hydrogen-bond acceptors (Lipinski definition) is 3. The fourth-order valence-corrected chi connectivity index (χ4v) is 1.81. The zero-order valence-corrected chi connectivity index (χ0v) is 10.9. The van der Waals surface area contributed by atoms with Crippen LogP contribution in [0.3, 0.4) is 0 Å². The zero-order valence-electron chi connectivity index (χ0n) is 10.9. The summed E-state index contributed by atoms with van der Waals surface area (Å²) in [7, 11) is 0. The molecule has 20 heavy (non-hydrogen) atoms. The average Bonchev–Trinajstić information content (AvgIpc) is 2.37. The molecule has 1 aromatic heterocycles.